The van der Waals surface area contributed by atoms with Crippen LogP contribution in [-0.2, 0) is 10.2 Å². The Balaban J connectivity index is 0.00000364. The van der Waals surface area contributed by atoms with Gasteiger partial charge in [-0.25, -0.2) is 4.99 Å². The number of hydrogen-bond acceptors (Lipinski definition) is 2. The van der Waals surface area contributed by atoms with E-state index in [9.17, 15) is 4.79 Å². The van der Waals surface area contributed by atoms with E-state index in [2.05, 4.69) is 59.8 Å². The molecule has 1 aliphatic rings. The number of halogens is 1. The van der Waals surface area contributed by atoms with Crippen molar-refractivity contribution in [3.63, 3.8) is 0 Å². The van der Waals surface area contributed by atoms with Crippen molar-refractivity contribution in [1.29, 1.82) is 0 Å². The number of nitrogens with zero attached hydrogens (tertiary/aromatic N) is 2. The van der Waals surface area contributed by atoms with Crippen LogP contribution in [0.2, 0.25) is 0 Å². The minimum atomic E-state index is 0. The Morgan fingerprint density at radius 1 is 1.07 bits per heavy atom. The van der Waals surface area contributed by atoms with Crippen molar-refractivity contribution in [2.24, 2.45) is 4.99 Å². The molecule has 1 saturated heterocycles. The van der Waals surface area contributed by atoms with Crippen molar-refractivity contribution in [3.05, 3.63) is 35.9 Å². The maximum Gasteiger partial charge on any atom is 0.244 e. The Bertz CT molecular complexity index is 581. The molecule has 1 aromatic rings. The number of likely N-dealkylation sites (tertiary alicyclic amines) is 1. The van der Waals surface area contributed by atoms with Crippen LogP contribution in [0.5, 0.6) is 0 Å². The van der Waals surface area contributed by atoms with Gasteiger partial charge in [0.05, 0.1) is 0 Å². The van der Waals surface area contributed by atoms with Gasteiger partial charge in [-0.15, -0.1) is 24.0 Å². The van der Waals surface area contributed by atoms with Crippen molar-refractivity contribution in [3.8, 4) is 0 Å². The highest BCUT2D eigenvalue weighted by Gasteiger charge is 2.28. The van der Waals surface area contributed by atoms with Crippen molar-refractivity contribution < 1.29 is 4.79 Å². The van der Waals surface area contributed by atoms with Crippen LogP contribution in [0.1, 0.15) is 52.0 Å². The molecular weight excluding hydrogens is 451 g/mol. The summed E-state index contributed by atoms with van der Waals surface area (Å²) >= 11 is 0. The lowest BCUT2D eigenvalue weighted by Crippen LogP contribution is -2.45. The zero-order chi connectivity index (χ0) is 18.8. The van der Waals surface area contributed by atoms with Gasteiger partial charge < -0.3 is 15.5 Å². The van der Waals surface area contributed by atoms with E-state index in [1.807, 2.05) is 11.8 Å². The third kappa shape index (κ3) is 6.66. The first-order valence-electron chi connectivity index (χ1n) is 10.0. The summed E-state index contributed by atoms with van der Waals surface area (Å²) in [4.78, 5) is 18.7. The molecule has 2 N–H and O–H groups in total. The van der Waals surface area contributed by atoms with Gasteiger partial charge in [0.25, 0.3) is 0 Å². The highest BCUT2D eigenvalue weighted by Crippen LogP contribution is 2.30. The highest BCUT2D eigenvalue weighted by molar-refractivity contribution is 14.0. The van der Waals surface area contributed by atoms with Crippen molar-refractivity contribution in [1.82, 2.24) is 15.5 Å². The van der Waals surface area contributed by atoms with Crippen LogP contribution in [0.25, 0.3) is 0 Å². The van der Waals surface area contributed by atoms with E-state index in [0.29, 0.717) is 0 Å². The molecule has 0 saturated carbocycles. The monoisotopic (exact) mass is 486 g/mol. The fraction of sp³-hybridized carbons (Fsp3) is 0.619. The second-order valence-corrected chi connectivity index (χ2v) is 6.99. The molecule has 0 bridgehead atoms. The maximum atomic E-state index is 12.3. The number of guanidine groups is 1. The smallest absolute Gasteiger partial charge is 0.244 e. The summed E-state index contributed by atoms with van der Waals surface area (Å²) < 4.78 is 0. The van der Waals surface area contributed by atoms with E-state index < -0.39 is 0 Å². The molecule has 2 rings (SSSR count). The fourth-order valence-electron chi connectivity index (χ4n) is 3.61. The molecule has 0 atom stereocenters. The molecule has 1 heterocycles. The fourth-order valence-corrected chi connectivity index (χ4v) is 3.61. The van der Waals surface area contributed by atoms with Crippen LogP contribution in [0, 0.1) is 0 Å². The highest BCUT2D eigenvalue weighted by atomic mass is 127. The average Bonchev–Trinajstić information content (AvgIpc) is 3.22. The lowest BCUT2D eigenvalue weighted by Gasteiger charge is -2.33. The second kappa shape index (κ2) is 12.2. The average molecular weight is 486 g/mol. The summed E-state index contributed by atoms with van der Waals surface area (Å²) in [6, 6.07) is 10.7. The molecule has 1 amide bonds. The van der Waals surface area contributed by atoms with Gasteiger partial charge in [-0.1, -0.05) is 44.2 Å². The van der Waals surface area contributed by atoms with Gasteiger partial charge in [-0.3, -0.25) is 4.79 Å². The number of carbonyl (C=O) groups is 1. The van der Waals surface area contributed by atoms with Crippen LogP contribution < -0.4 is 10.6 Å². The molecule has 152 valence electrons. The van der Waals surface area contributed by atoms with Gasteiger partial charge in [0, 0.05) is 31.6 Å². The molecule has 0 unspecified atom stereocenters. The summed E-state index contributed by atoms with van der Waals surface area (Å²) in [5.41, 5.74) is 1.41. The Morgan fingerprint density at radius 3 is 2.26 bits per heavy atom. The Kier molecular flexibility index (Phi) is 10.7. The third-order valence-corrected chi connectivity index (χ3v) is 5.51. The molecule has 27 heavy (non-hydrogen) atoms. The van der Waals surface area contributed by atoms with E-state index in [0.717, 1.165) is 57.8 Å². The van der Waals surface area contributed by atoms with E-state index in [4.69, 9.17) is 0 Å². The van der Waals surface area contributed by atoms with Crippen molar-refractivity contribution in [2.45, 2.75) is 51.9 Å². The molecule has 0 spiro atoms. The predicted octanol–water partition coefficient (Wildman–Crippen LogP) is 3.54. The minimum absolute atomic E-state index is 0. The number of aliphatic imine (C=N–C) groups is 1. The number of hydrogen-bond donors (Lipinski definition) is 2. The van der Waals surface area contributed by atoms with Gasteiger partial charge in [-0.2, -0.15) is 0 Å². The Labute approximate surface area is 181 Å². The SMILES string of the molecule is CCNC(=NCC(=O)N1CCCC1)NCC(CC)(CC)c1ccccc1.I. The van der Waals surface area contributed by atoms with Crippen LogP contribution in [0.3, 0.4) is 0 Å². The Hall–Kier alpha value is -1.31. The van der Waals surface area contributed by atoms with E-state index in [-0.39, 0.29) is 41.8 Å². The third-order valence-electron chi connectivity index (χ3n) is 5.51. The number of amides is 1. The molecule has 6 heteroatoms. The molecule has 1 fully saturated rings. The van der Waals surface area contributed by atoms with Gasteiger partial charge in [-0.05, 0) is 38.2 Å². The van der Waals surface area contributed by atoms with E-state index in [1.54, 1.807) is 0 Å². The maximum absolute atomic E-state index is 12.3. The molecule has 0 aliphatic carbocycles. The van der Waals surface area contributed by atoms with Gasteiger partial charge in [0.2, 0.25) is 5.91 Å². The van der Waals surface area contributed by atoms with Gasteiger partial charge >= 0.3 is 0 Å². The molecule has 0 radical (unpaired) electrons. The summed E-state index contributed by atoms with van der Waals surface area (Å²) in [7, 11) is 0. The standard InChI is InChI=1S/C21H34N4O.HI/c1-4-21(5-2,18-12-8-7-9-13-18)17-24-20(22-6-3)23-16-19(26)25-14-10-11-15-25;/h7-9,12-13H,4-6,10-11,14-17H2,1-3H3,(H2,22,23,24);1H. The first-order valence-corrected chi connectivity index (χ1v) is 10.0. The Morgan fingerprint density at radius 2 is 1.70 bits per heavy atom. The molecule has 1 aromatic carbocycles. The van der Waals surface area contributed by atoms with Crippen LogP contribution in [0.15, 0.2) is 35.3 Å². The largest absolute Gasteiger partial charge is 0.357 e. The first-order chi connectivity index (χ1) is 12.6. The number of rotatable bonds is 8. The normalized spacial score (nSPS) is 14.6. The number of benzene rings is 1. The first kappa shape index (κ1) is 23.7. The molecule has 5 nitrogen and oxygen atoms in total. The lowest BCUT2D eigenvalue weighted by molar-refractivity contribution is -0.128. The number of nitrogens with one attached hydrogen (secondary N) is 2. The summed E-state index contributed by atoms with van der Waals surface area (Å²) in [5, 5.41) is 6.74. The zero-order valence-corrected chi connectivity index (χ0v) is 19.3. The lowest BCUT2D eigenvalue weighted by atomic mass is 9.76. The van der Waals surface area contributed by atoms with Crippen molar-refractivity contribution in [2.75, 3.05) is 32.7 Å². The van der Waals surface area contributed by atoms with Gasteiger partial charge in [0.15, 0.2) is 5.96 Å². The van der Waals surface area contributed by atoms with Crippen LogP contribution in [0.4, 0.5) is 0 Å². The predicted molar refractivity (Wildman–Crippen MR) is 124 cm³/mol. The minimum Gasteiger partial charge on any atom is -0.357 e. The summed E-state index contributed by atoms with van der Waals surface area (Å²) in [5.74, 6) is 0.849. The molecule has 0 aromatic heterocycles. The van der Waals surface area contributed by atoms with E-state index >= 15 is 0 Å². The van der Waals surface area contributed by atoms with Crippen LogP contribution >= 0.6 is 24.0 Å². The molecular formula is C21H35IN4O. The van der Waals surface area contributed by atoms with Crippen LogP contribution in [-0.4, -0.2) is 49.5 Å². The zero-order valence-electron chi connectivity index (χ0n) is 17.0. The number of carbonyl (C=O) groups excluding carboxylic acids is 1. The summed E-state index contributed by atoms with van der Waals surface area (Å²) in [6.45, 7) is 10.1. The summed E-state index contributed by atoms with van der Waals surface area (Å²) in [6.07, 6.45) is 4.32. The molecule has 1 aliphatic heterocycles. The second-order valence-electron chi connectivity index (χ2n) is 6.99. The van der Waals surface area contributed by atoms with Gasteiger partial charge in [0.1, 0.15) is 6.54 Å². The topological polar surface area (TPSA) is 56.7 Å². The van der Waals surface area contributed by atoms with E-state index in [1.165, 1.54) is 5.56 Å². The van der Waals surface area contributed by atoms with Crippen molar-refractivity contribution >= 4 is 35.8 Å². The quantitative estimate of drug-likeness (QED) is 0.336.